The maximum Gasteiger partial charge on any atom is 0.240 e. The zero-order valence-corrected chi connectivity index (χ0v) is 19.4. The zero-order chi connectivity index (χ0) is 23.1. The number of nitrogens with one attached hydrogen (secondary N) is 3. The van der Waals surface area contributed by atoms with E-state index in [1.807, 2.05) is 56.3 Å². The van der Waals surface area contributed by atoms with Gasteiger partial charge in [-0.05, 0) is 62.6 Å². The maximum atomic E-state index is 11.2. The number of aryl methyl sites for hydroxylation is 2. The van der Waals surface area contributed by atoms with Gasteiger partial charge in [-0.3, -0.25) is 4.79 Å². The number of benzene rings is 2. The monoisotopic (exact) mass is 438 g/mol. The number of rotatable bonds is 10. The van der Waals surface area contributed by atoms with E-state index < -0.39 is 6.10 Å². The summed E-state index contributed by atoms with van der Waals surface area (Å²) in [4.78, 5) is 11.2. The predicted molar refractivity (Wildman–Crippen MR) is 128 cm³/mol. The topological polar surface area (TPSA) is 95.0 Å². The van der Waals surface area contributed by atoms with Crippen LogP contribution in [0.1, 0.15) is 43.4 Å². The van der Waals surface area contributed by atoms with Gasteiger partial charge >= 0.3 is 0 Å². The lowest BCUT2D eigenvalue weighted by atomic mass is 10.0. The molecule has 1 heterocycles. The quantitative estimate of drug-likeness (QED) is 0.457. The molecule has 1 unspecified atom stereocenters. The van der Waals surface area contributed by atoms with Crippen LogP contribution in [0.5, 0.6) is 5.75 Å². The highest BCUT2D eigenvalue weighted by atomic mass is 16.5. The fourth-order valence-corrected chi connectivity index (χ4v) is 3.35. The molecule has 7 nitrogen and oxygen atoms in total. The Hall–Kier alpha value is -2.90. The fourth-order valence-electron chi connectivity index (χ4n) is 3.35. The largest absolute Gasteiger partial charge is 0.491 e. The average molecular weight is 439 g/mol. The van der Waals surface area contributed by atoms with Crippen LogP contribution in [0.4, 0.5) is 5.69 Å². The van der Waals surface area contributed by atoms with Crippen molar-refractivity contribution < 1.29 is 14.6 Å². The van der Waals surface area contributed by atoms with Gasteiger partial charge in [0.15, 0.2) is 0 Å². The highest BCUT2D eigenvalue weighted by Gasteiger charge is 2.19. The molecule has 2 aromatic rings. The lowest BCUT2D eigenvalue weighted by Crippen LogP contribution is -2.49. The molecule has 0 aliphatic carbocycles. The van der Waals surface area contributed by atoms with Crippen molar-refractivity contribution in [3.05, 3.63) is 59.2 Å². The summed E-state index contributed by atoms with van der Waals surface area (Å²) in [6.45, 7) is 9.57. The lowest BCUT2D eigenvalue weighted by molar-refractivity contribution is -0.121. The molecule has 7 heteroatoms. The molecule has 0 spiro atoms. The Morgan fingerprint density at radius 2 is 1.91 bits per heavy atom. The van der Waals surface area contributed by atoms with Crippen molar-refractivity contribution in [3.63, 3.8) is 0 Å². The molecular weight excluding hydrogens is 404 g/mol. The number of aliphatic hydroxyl groups excluding tert-OH is 1. The Kier molecular flexibility index (Phi) is 7.88. The highest BCUT2D eigenvalue weighted by Crippen LogP contribution is 2.19. The molecule has 0 bridgehead atoms. The molecule has 0 aromatic heterocycles. The summed E-state index contributed by atoms with van der Waals surface area (Å²) >= 11 is 0. The van der Waals surface area contributed by atoms with E-state index in [1.165, 1.54) is 0 Å². The minimum Gasteiger partial charge on any atom is -0.491 e. The van der Waals surface area contributed by atoms with E-state index in [0.717, 1.165) is 33.8 Å². The van der Waals surface area contributed by atoms with Gasteiger partial charge in [0.05, 0.1) is 5.71 Å². The third-order valence-electron chi connectivity index (χ3n) is 5.45. The third-order valence-corrected chi connectivity index (χ3v) is 5.45. The number of amides is 1. The van der Waals surface area contributed by atoms with E-state index in [0.29, 0.717) is 25.9 Å². The molecule has 1 aliphatic rings. The van der Waals surface area contributed by atoms with Crippen molar-refractivity contribution in [2.24, 2.45) is 5.10 Å². The summed E-state index contributed by atoms with van der Waals surface area (Å²) in [6.07, 6.45) is 0.524. The van der Waals surface area contributed by atoms with E-state index >= 15 is 0 Å². The van der Waals surface area contributed by atoms with Gasteiger partial charge in [0.1, 0.15) is 18.5 Å². The number of aliphatic hydroxyl groups is 1. The summed E-state index contributed by atoms with van der Waals surface area (Å²) < 4.78 is 5.80. The normalized spacial score (nSPS) is 15.0. The van der Waals surface area contributed by atoms with Crippen LogP contribution >= 0.6 is 0 Å². The van der Waals surface area contributed by atoms with Gasteiger partial charge in [-0.25, -0.2) is 5.43 Å². The Bertz CT molecular complexity index is 954. The SMILES string of the molecule is Cc1ccc(C)c(OCC(O)CNC(C)(C)CNc2ccc(C3=NNC(=O)CC3)cc2)c1. The second-order valence-corrected chi connectivity index (χ2v) is 9.02. The molecule has 4 N–H and O–H groups in total. The van der Waals surface area contributed by atoms with Gasteiger partial charge in [0, 0.05) is 37.2 Å². The number of β-amino-alcohol motifs (C(OH)–C–C–N with tert-alkyl or cyclic N) is 1. The van der Waals surface area contributed by atoms with Crippen LogP contribution in [0, 0.1) is 13.8 Å². The van der Waals surface area contributed by atoms with Crippen LogP contribution in [0.25, 0.3) is 0 Å². The third kappa shape index (κ3) is 7.07. The van der Waals surface area contributed by atoms with E-state index in [2.05, 4.69) is 35.0 Å². The van der Waals surface area contributed by atoms with Crippen molar-refractivity contribution >= 4 is 17.3 Å². The number of hydrogen-bond donors (Lipinski definition) is 4. The van der Waals surface area contributed by atoms with Gasteiger partial charge in [-0.2, -0.15) is 5.10 Å². The summed E-state index contributed by atoms with van der Waals surface area (Å²) in [7, 11) is 0. The molecule has 0 saturated carbocycles. The number of carbonyl (C=O) groups is 1. The molecule has 2 aromatic carbocycles. The number of anilines is 1. The van der Waals surface area contributed by atoms with Crippen molar-refractivity contribution in [1.29, 1.82) is 0 Å². The second-order valence-electron chi connectivity index (χ2n) is 9.02. The second kappa shape index (κ2) is 10.6. The van der Waals surface area contributed by atoms with Crippen molar-refractivity contribution in [1.82, 2.24) is 10.7 Å². The Morgan fingerprint density at radius 3 is 2.59 bits per heavy atom. The average Bonchev–Trinajstić information content (AvgIpc) is 2.78. The summed E-state index contributed by atoms with van der Waals surface area (Å²) in [5, 5.41) is 21.3. The fraction of sp³-hybridized carbons (Fsp3) is 0.440. The van der Waals surface area contributed by atoms with Crippen LogP contribution in [0.15, 0.2) is 47.6 Å². The molecule has 32 heavy (non-hydrogen) atoms. The van der Waals surface area contributed by atoms with Gasteiger partial charge < -0.3 is 20.5 Å². The number of carbonyl (C=O) groups excluding carboxylic acids is 1. The molecule has 172 valence electrons. The van der Waals surface area contributed by atoms with Gasteiger partial charge in [-0.1, -0.05) is 24.3 Å². The van der Waals surface area contributed by atoms with E-state index in [9.17, 15) is 9.90 Å². The van der Waals surface area contributed by atoms with Crippen LogP contribution in [-0.2, 0) is 4.79 Å². The van der Waals surface area contributed by atoms with E-state index in [-0.39, 0.29) is 18.1 Å². The van der Waals surface area contributed by atoms with Crippen LogP contribution in [0.2, 0.25) is 0 Å². The van der Waals surface area contributed by atoms with Gasteiger partial charge in [0.25, 0.3) is 0 Å². The number of ether oxygens (including phenoxy) is 1. The molecule has 1 amide bonds. The zero-order valence-electron chi connectivity index (χ0n) is 19.4. The first-order valence-corrected chi connectivity index (χ1v) is 11.0. The first-order chi connectivity index (χ1) is 15.2. The lowest BCUT2D eigenvalue weighted by Gasteiger charge is -2.28. The molecule has 1 atom stereocenters. The minimum absolute atomic E-state index is 0.0382. The van der Waals surface area contributed by atoms with Gasteiger partial charge in [-0.15, -0.1) is 0 Å². The highest BCUT2D eigenvalue weighted by molar-refractivity contribution is 6.04. The van der Waals surface area contributed by atoms with E-state index in [4.69, 9.17) is 4.74 Å². The molecule has 1 aliphatic heterocycles. The predicted octanol–water partition coefficient (Wildman–Crippen LogP) is 3.14. The van der Waals surface area contributed by atoms with Gasteiger partial charge in [0.2, 0.25) is 5.91 Å². The van der Waals surface area contributed by atoms with Crippen molar-refractivity contribution in [3.8, 4) is 5.75 Å². The number of nitrogens with zero attached hydrogens (tertiary/aromatic N) is 1. The summed E-state index contributed by atoms with van der Waals surface area (Å²) in [5.74, 6) is 0.777. The Labute approximate surface area is 190 Å². The molecule has 0 fully saturated rings. The van der Waals surface area contributed by atoms with Crippen molar-refractivity contribution in [2.75, 3.05) is 25.0 Å². The number of hydrazone groups is 1. The number of hydrogen-bond acceptors (Lipinski definition) is 6. The van der Waals surface area contributed by atoms with Crippen LogP contribution in [0.3, 0.4) is 0 Å². The first-order valence-electron chi connectivity index (χ1n) is 11.0. The molecule has 3 rings (SSSR count). The molecule has 0 saturated heterocycles. The summed E-state index contributed by atoms with van der Waals surface area (Å²) in [6, 6.07) is 14.1. The minimum atomic E-state index is -0.606. The Balaban J connectivity index is 1.42. The van der Waals surface area contributed by atoms with Crippen LogP contribution in [-0.4, -0.2) is 48.1 Å². The van der Waals surface area contributed by atoms with Crippen LogP contribution < -0.4 is 20.8 Å². The Morgan fingerprint density at radius 1 is 1.16 bits per heavy atom. The molecular formula is C25H34N4O3. The van der Waals surface area contributed by atoms with Crippen molar-refractivity contribution in [2.45, 2.75) is 52.2 Å². The first kappa shape index (κ1) is 23.8. The smallest absolute Gasteiger partial charge is 0.240 e. The summed E-state index contributed by atoms with van der Waals surface area (Å²) in [5.41, 5.74) is 7.42. The van der Waals surface area contributed by atoms with E-state index in [1.54, 1.807) is 0 Å². The maximum absolute atomic E-state index is 11.2. The molecule has 0 radical (unpaired) electrons. The standard InChI is InChI=1S/C25H34N4O3/c1-17-5-6-18(2)23(13-17)32-15-21(30)14-27-25(3,4)16-26-20-9-7-19(8-10-20)22-11-12-24(31)29-28-22/h5-10,13,21,26-27,30H,11-12,14-16H2,1-4H3,(H,29,31).